The van der Waals surface area contributed by atoms with Crippen molar-refractivity contribution < 1.29 is 55.4 Å². The molecule has 1 aliphatic rings. The Bertz CT molecular complexity index is 1450. The molecule has 2 heterocycles. The number of carboxylic acid groups (broad SMARTS) is 2. The van der Waals surface area contributed by atoms with Crippen LogP contribution in [0.5, 0.6) is 0 Å². The number of anilines is 2. The van der Waals surface area contributed by atoms with Gasteiger partial charge in [-0.15, -0.1) is 0 Å². The average molecular weight is 636 g/mol. The number of guanidine groups is 1. The van der Waals surface area contributed by atoms with Crippen LogP contribution in [0.1, 0.15) is 41.8 Å². The summed E-state index contributed by atoms with van der Waals surface area (Å²) in [6.07, 6.45) is -4.74. The molecule has 0 aliphatic heterocycles. The standard InChI is InChI=1S/C21H25N7O2.2C2HF3O2/c1-12-8-9-14-13(11-12)18(24-15-5-2-3-6-16(15)25-20(22)23)27-21(26-14)28-19(29)17-7-4-10-30-17;2*3-2(4,5)1(6)7/h4,7-11,15-16H,2-3,5-6H2,1H3,(H4,22,23,25)(H2,24,26,27,28,29);2*(H,6,7). The fourth-order valence-electron chi connectivity index (χ4n) is 3.78. The number of aliphatic carboxylic acids is 2. The summed E-state index contributed by atoms with van der Waals surface area (Å²) < 4.78 is 68.6. The third-order valence-corrected chi connectivity index (χ3v) is 5.67. The van der Waals surface area contributed by atoms with E-state index in [1.165, 1.54) is 6.26 Å². The topological polar surface area (TPSA) is 219 Å². The molecule has 0 spiro atoms. The lowest BCUT2D eigenvalue weighted by Crippen LogP contribution is -2.38. The number of benzene rings is 1. The van der Waals surface area contributed by atoms with Crippen LogP contribution in [0.2, 0.25) is 0 Å². The molecular weight excluding hydrogens is 608 g/mol. The van der Waals surface area contributed by atoms with Gasteiger partial charge in [0.2, 0.25) is 5.95 Å². The first-order valence-electron chi connectivity index (χ1n) is 12.5. The Morgan fingerprint density at radius 3 is 2.09 bits per heavy atom. The van der Waals surface area contributed by atoms with Crippen molar-refractivity contribution in [2.45, 2.75) is 57.0 Å². The molecule has 2 atom stereocenters. The van der Waals surface area contributed by atoms with Crippen molar-refractivity contribution in [3.05, 3.63) is 47.9 Å². The number of aliphatic imine (C=N–C) groups is 1. The molecule has 240 valence electrons. The molecule has 0 saturated heterocycles. The molecule has 1 aliphatic carbocycles. The van der Waals surface area contributed by atoms with E-state index >= 15 is 0 Å². The highest BCUT2D eigenvalue weighted by Gasteiger charge is 2.39. The van der Waals surface area contributed by atoms with Crippen LogP contribution in [0, 0.1) is 6.92 Å². The van der Waals surface area contributed by atoms with Crippen molar-refractivity contribution in [2.75, 3.05) is 10.6 Å². The lowest BCUT2D eigenvalue weighted by molar-refractivity contribution is -0.193. The second-order valence-corrected chi connectivity index (χ2v) is 9.11. The molecule has 0 bridgehead atoms. The van der Waals surface area contributed by atoms with Gasteiger partial charge in [-0.25, -0.2) is 19.6 Å². The number of alkyl halides is 6. The third-order valence-electron chi connectivity index (χ3n) is 5.67. The Hall–Kier alpha value is -5.10. The van der Waals surface area contributed by atoms with Crippen LogP contribution >= 0.6 is 0 Å². The van der Waals surface area contributed by atoms with E-state index in [2.05, 4.69) is 25.6 Å². The molecular formula is C25H27F6N7O6. The maximum atomic E-state index is 12.4. The van der Waals surface area contributed by atoms with Gasteiger partial charge in [0, 0.05) is 5.39 Å². The van der Waals surface area contributed by atoms with Gasteiger partial charge < -0.3 is 31.4 Å². The number of carbonyl (C=O) groups excluding carboxylic acids is 1. The number of nitrogens with two attached hydrogens (primary N) is 2. The molecule has 2 unspecified atom stereocenters. The zero-order valence-electron chi connectivity index (χ0n) is 22.7. The SMILES string of the molecule is Cc1ccc2nc(NC(=O)c3ccco3)nc(NC3CCCCC3N=C(N)N)c2c1.O=C(O)C(F)(F)F.O=C(O)C(F)(F)F. The molecule has 8 N–H and O–H groups in total. The monoisotopic (exact) mass is 635 g/mol. The van der Waals surface area contributed by atoms with Gasteiger partial charge >= 0.3 is 24.3 Å². The largest absolute Gasteiger partial charge is 0.490 e. The predicted octanol–water partition coefficient (Wildman–Crippen LogP) is 4.05. The zero-order valence-corrected chi connectivity index (χ0v) is 22.7. The summed E-state index contributed by atoms with van der Waals surface area (Å²) in [7, 11) is 0. The van der Waals surface area contributed by atoms with Crippen LogP contribution < -0.4 is 22.1 Å². The minimum Gasteiger partial charge on any atom is -0.475 e. The van der Waals surface area contributed by atoms with Gasteiger partial charge in [0.15, 0.2) is 11.7 Å². The highest BCUT2D eigenvalue weighted by Crippen LogP contribution is 2.29. The summed E-state index contributed by atoms with van der Waals surface area (Å²) in [5, 5.41) is 21.3. The minimum atomic E-state index is -5.08. The van der Waals surface area contributed by atoms with Crippen LogP contribution in [0.15, 0.2) is 46.0 Å². The molecule has 1 amide bonds. The Morgan fingerprint density at radius 2 is 1.57 bits per heavy atom. The maximum Gasteiger partial charge on any atom is 0.490 e. The van der Waals surface area contributed by atoms with Gasteiger partial charge in [-0.1, -0.05) is 24.5 Å². The van der Waals surface area contributed by atoms with E-state index in [4.69, 9.17) is 35.7 Å². The van der Waals surface area contributed by atoms with Crippen LogP contribution in [0.3, 0.4) is 0 Å². The van der Waals surface area contributed by atoms with Crippen molar-refractivity contribution >= 4 is 46.5 Å². The number of furan rings is 1. The number of aryl methyl sites for hydroxylation is 1. The molecule has 4 rings (SSSR count). The number of halogens is 6. The second-order valence-electron chi connectivity index (χ2n) is 9.11. The van der Waals surface area contributed by atoms with E-state index in [1.807, 2.05) is 25.1 Å². The fourth-order valence-corrected chi connectivity index (χ4v) is 3.78. The van der Waals surface area contributed by atoms with Gasteiger partial charge in [-0.05, 0) is 44.0 Å². The molecule has 0 radical (unpaired) electrons. The fraction of sp³-hybridized carbons (Fsp3) is 0.360. The Labute approximate surface area is 244 Å². The number of nitrogens with one attached hydrogen (secondary N) is 2. The summed E-state index contributed by atoms with van der Waals surface area (Å²) in [6.45, 7) is 2.01. The number of rotatable bonds is 5. The summed E-state index contributed by atoms with van der Waals surface area (Å²) in [5.41, 5.74) is 13.1. The van der Waals surface area contributed by atoms with Crippen LogP contribution in [0.4, 0.5) is 38.1 Å². The van der Waals surface area contributed by atoms with Crippen molar-refractivity contribution in [3.63, 3.8) is 0 Å². The van der Waals surface area contributed by atoms with E-state index in [1.54, 1.807) is 12.1 Å². The first-order valence-corrected chi connectivity index (χ1v) is 12.5. The zero-order chi connectivity index (χ0) is 33.2. The number of amides is 1. The average Bonchev–Trinajstić information content (AvgIpc) is 3.45. The quantitative estimate of drug-likeness (QED) is 0.133. The molecule has 2 aromatic heterocycles. The highest BCUT2D eigenvalue weighted by molar-refractivity contribution is 6.02. The van der Waals surface area contributed by atoms with E-state index < -0.39 is 30.2 Å². The van der Waals surface area contributed by atoms with Crippen molar-refractivity contribution in [1.29, 1.82) is 0 Å². The van der Waals surface area contributed by atoms with Crippen molar-refractivity contribution in [3.8, 4) is 0 Å². The van der Waals surface area contributed by atoms with Crippen LogP contribution in [0.25, 0.3) is 10.9 Å². The second kappa shape index (κ2) is 14.9. The summed E-state index contributed by atoms with van der Waals surface area (Å²) in [4.78, 5) is 43.7. The van der Waals surface area contributed by atoms with Gasteiger partial charge in [-0.2, -0.15) is 31.3 Å². The van der Waals surface area contributed by atoms with E-state index in [-0.39, 0.29) is 29.8 Å². The van der Waals surface area contributed by atoms with E-state index in [9.17, 15) is 31.1 Å². The smallest absolute Gasteiger partial charge is 0.475 e. The predicted molar refractivity (Wildman–Crippen MR) is 144 cm³/mol. The van der Waals surface area contributed by atoms with Gasteiger partial charge in [-0.3, -0.25) is 10.1 Å². The van der Waals surface area contributed by atoms with Gasteiger partial charge in [0.25, 0.3) is 5.91 Å². The molecule has 1 saturated carbocycles. The molecule has 1 aromatic carbocycles. The molecule has 19 heteroatoms. The summed E-state index contributed by atoms with van der Waals surface area (Å²) in [6, 6.07) is 9.15. The third kappa shape index (κ3) is 11.0. The number of hydrogen-bond donors (Lipinski definition) is 6. The van der Waals surface area contributed by atoms with Gasteiger partial charge in [0.05, 0.1) is 23.9 Å². The number of nitrogens with zero attached hydrogens (tertiary/aromatic N) is 3. The first-order chi connectivity index (χ1) is 20.4. The number of hydrogen-bond acceptors (Lipinski definition) is 8. The highest BCUT2D eigenvalue weighted by atomic mass is 19.4. The molecule has 13 nitrogen and oxygen atoms in total. The summed E-state index contributed by atoms with van der Waals surface area (Å²) >= 11 is 0. The number of carboxylic acids is 2. The number of aromatic nitrogens is 2. The number of fused-ring (bicyclic) bond motifs is 1. The Kier molecular flexibility index (Phi) is 11.9. The van der Waals surface area contributed by atoms with Crippen molar-refractivity contribution in [2.24, 2.45) is 16.5 Å². The number of carbonyl (C=O) groups is 3. The van der Waals surface area contributed by atoms with Crippen LogP contribution in [-0.2, 0) is 9.59 Å². The molecule has 44 heavy (non-hydrogen) atoms. The van der Waals surface area contributed by atoms with Gasteiger partial charge in [0.1, 0.15) is 5.82 Å². The summed E-state index contributed by atoms with van der Waals surface area (Å²) in [5.74, 6) is -4.81. The minimum absolute atomic E-state index is 0.0280. The van der Waals surface area contributed by atoms with Crippen molar-refractivity contribution in [1.82, 2.24) is 9.97 Å². The van der Waals surface area contributed by atoms with Crippen LogP contribution in [-0.4, -0.2) is 68.4 Å². The molecule has 1 fully saturated rings. The Balaban J connectivity index is 0.000000402. The normalized spacial score (nSPS) is 16.3. The first kappa shape index (κ1) is 35.1. The lowest BCUT2D eigenvalue weighted by Gasteiger charge is -2.30. The van der Waals surface area contributed by atoms with E-state index in [0.717, 1.165) is 42.1 Å². The Morgan fingerprint density at radius 1 is 0.977 bits per heavy atom. The maximum absolute atomic E-state index is 12.4. The lowest BCUT2D eigenvalue weighted by atomic mass is 9.90. The van der Waals surface area contributed by atoms with E-state index in [0.29, 0.717) is 5.82 Å². The molecule has 3 aromatic rings.